The summed E-state index contributed by atoms with van der Waals surface area (Å²) in [5, 5.41) is 0. The van der Waals surface area contributed by atoms with Gasteiger partial charge >= 0.3 is 0 Å². The molecule has 0 spiro atoms. The third-order valence-corrected chi connectivity index (χ3v) is 8.71. The van der Waals surface area contributed by atoms with Gasteiger partial charge in [-0.25, -0.2) is 15.0 Å². The highest BCUT2D eigenvalue weighted by Gasteiger charge is 2.37. The van der Waals surface area contributed by atoms with Gasteiger partial charge in [0.1, 0.15) is 23.0 Å². The fourth-order valence-electron chi connectivity index (χ4n) is 6.63. The molecule has 0 bridgehead atoms. The van der Waals surface area contributed by atoms with E-state index in [-0.39, 0.29) is 5.41 Å². The van der Waals surface area contributed by atoms with E-state index in [1.807, 2.05) is 65.4 Å². The van der Waals surface area contributed by atoms with Crippen LogP contribution >= 0.6 is 0 Å². The molecule has 4 aromatic heterocycles. The van der Waals surface area contributed by atoms with E-state index in [1.165, 1.54) is 22.3 Å². The van der Waals surface area contributed by atoms with Crippen LogP contribution in [0.3, 0.4) is 0 Å². The number of aromatic nitrogens is 7. The highest BCUT2D eigenvalue weighted by molar-refractivity contribution is 6.03. The van der Waals surface area contributed by atoms with Crippen LogP contribution < -0.4 is 0 Å². The number of rotatable bonds is 3. The Morgan fingerprint density at radius 3 is 2.30 bits per heavy atom. The van der Waals surface area contributed by atoms with Gasteiger partial charge in [-0.2, -0.15) is 9.97 Å². The van der Waals surface area contributed by atoms with Crippen molar-refractivity contribution in [2.24, 2.45) is 0 Å². The van der Waals surface area contributed by atoms with Crippen molar-refractivity contribution in [2.75, 3.05) is 0 Å². The van der Waals surface area contributed by atoms with Gasteiger partial charge in [0.05, 0.1) is 11.0 Å². The van der Waals surface area contributed by atoms with E-state index in [4.69, 9.17) is 24.9 Å². The summed E-state index contributed by atoms with van der Waals surface area (Å²) < 4.78 is 4.04. The van der Waals surface area contributed by atoms with Gasteiger partial charge in [0.25, 0.3) is 0 Å². The van der Waals surface area contributed by atoms with Gasteiger partial charge in [-0.1, -0.05) is 92.7 Å². The molecule has 0 radical (unpaired) electrons. The van der Waals surface area contributed by atoms with Crippen LogP contribution in [0.25, 0.3) is 67.6 Å². The van der Waals surface area contributed by atoms with Crippen LogP contribution in [-0.4, -0.2) is 33.9 Å². The number of pyridine rings is 1. The summed E-state index contributed by atoms with van der Waals surface area (Å²) in [6.45, 7) is 4.57. The number of hydrogen-bond acceptors (Lipinski definition) is 5. The molecule has 4 aromatic carbocycles. The highest BCUT2D eigenvalue weighted by atomic mass is 15.2. The first kappa shape index (κ1) is 24.0. The van der Waals surface area contributed by atoms with E-state index < -0.39 is 0 Å². The quantitative estimate of drug-likeness (QED) is 0.224. The molecule has 0 amide bonds. The van der Waals surface area contributed by atoms with Crippen molar-refractivity contribution in [2.45, 2.75) is 19.3 Å². The zero-order chi connectivity index (χ0) is 28.7. The summed E-state index contributed by atoms with van der Waals surface area (Å²) in [5.74, 6) is 1.73. The van der Waals surface area contributed by atoms with Crippen molar-refractivity contribution in [1.82, 2.24) is 33.9 Å². The summed E-state index contributed by atoms with van der Waals surface area (Å²) in [6, 6.07) is 35.3. The van der Waals surface area contributed by atoms with Crippen LogP contribution in [0.1, 0.15) is 25.0 Å². The molecule has 7 nitrogen and oxygen atoms in total. The Bertz CT molecular complexity index is 2380. The summed E-state index contributed by atoms with van der Waals surface area (Å²) in [4.78, 5) is 25.0. The van der Waals surface area contributed by atoms with E-state index >= 15 is 0 Å². The number of imidazole rings is 2. The molecule has 0 N–H and O–H groups in total. The van der Waals surface area contributed by atoms with Gasteiger partial charge in [-0.05, 0) is 46.5 Å². The fourth-order valence-corrected chi connectivity index (χ4v) is 6.63. The first-order valence-electron chi connectivity index (χ1n) is 14.4. The second-order valence-electron chi connectivity index (χ2n) is 11.5. The lowest BCUT2D eigenvalue weighted by Crippen LogP contribution is -2.14. The molecule has 0 saturated carbocycles. The van der Waals surface area contributed by atoms with Crippen LogP contribution in [0.5, 0.6) is 0 Å². The van der Waals surface area contributed by atoms with Crippen molar-refractivity contribution in [3.05, 3.63) is 127 Å². The van der Waals surface area contributed by atoms with Crippen molar-refractivity contribution in [3.8, 4) is 39.9 Å². The van der Waals surface area contributed by atoms with Gasteiger partial charge in [0.15, 0.2) is 11.6 Å². The van der Waals surface area contributed by atoms with Gasteiger partial charge in [0.2, 0.25) is 5.95 Å². The van der Waals surface area contributed by atoms with Crippen LogP contribution in [0.4, 0.5) is 0 Å². The molecule has 204 valence electrons. The Hall–Kier alpha value is -5.69. The number of benzene rings is 4. The Morgan fingerprint density at radius 1 is 0.628 bits per heavy atom. The van der Waals surface area contributed by atoms with Gasteiger partial charge in [-0.15, -0.1) is 0 Å². The van der Waals surface area contributed by atoms with E-state index in [9.17, 15) is 0 Å². The maximum Gasteiger partial charge on any atom is 0.239 e. The molecule has 9 rings (SSSR count). The molecule has 0 fully saturated rings. The molecule has 8 aromatic rings. The standard InChI is InChI=1S/C36H25N7/c1-36(2)25-15-7-6-13-23(25)30-24(14-10-16-26(30)36)34-39-33(22-11-4-3-5-12-22)40-35(41-34)43-21-37-27-18-19-28-31(32(27)43)38-29-17-8-9-20-42(28)29/h3-21H,1-2H3. The normalized spacial score (nSPS) is 13.5. The van der Waals surface area contributed by atoms with Gasteiger partial charge in [-0.3, -0.25) is 8.97 Å². The molecule has 43 heavy (non-hydrogen) atoms. The maximum atomic E-state index is 5.15. The topological polar surface area (TPSA) is 73.8 Å². The zero-order valence-electron chi connectivity index (χ0n) is 23.6. The van der Waals surface area contributed by atoms with E-state index in [1.54, 1.807) is 6.33 Å². The Labute approximate surface area is 247 Å². The number of fused-ring (bicyclic) bond motifs is 8. The fraction of sp³-hybridized carbons (Fsp3) is 0.0833. The van der Waals surface area contributed by atoms with Crippen LogP contribution in [0.2, 0.25) is 0 Å². The second kappa shape index (κ2) is 8.66. The van der Waals surface area contributed by atoms with Crippen molar-refractivity contribution in [1.29, 1.82) is 0 Å². The predicted molar refractivity (Wildman–Crippen MR) is 169 cm³/mol. The average Bonchev–Trinajstić information content (AvgIpc) is 3.72. The third kappa shape index (κ3) is 3.39. The minimum Gasteiger partial charge on any atom is -0.300 e. The minimum absolute atomic E-state index is 0.130. The van der Waals surface area contributed by atoms with Crippen LogP contribution in [0.15, 0.2) is 116 Å². The second-order valence-corrected chi connectivity index (χ2v) is 11.5. The van der Waals surface area contributed by atoms with Crippen molar-refractivity contribution < 1.29 is 0 Å². The van der Waals surface area contributed by atoms with Crippen LogP contribution in [0, 0.1) is 0 Å². The van der Waals surface area contributed by atoms with E-state index in [2.05, 4.69) is 66.8 Å². The van der Waals surface area contributed by atoms with Gasteiger partial charge < -0.3 is 0 Å². The molecule has 1 aliphatic rings. The molecule has 0 atom stereocenters. The Balaban J connectivity index is 1.34. The minimum atomic E-state index is -0.130. The number of nitrogens with zero attached hydrogens (tertiary/aromatic N) is 7. The molecular formula is C36H25N7. The largest absolute Gasteiger partial charge is 0.300 e. The predicted octanol–water partition coefficient (Wildman–Crippen LogP) is 7.65. The zero-order valence-corrected chi connectivity index (χ0v) is 23.6. The monoisotopic (exact) mass is 555 g/mol. The lowest BCUT2D eigenvalue weighted by atomic mass is 9.82. The van der Waals surface area contributed by atoms with Crippen molar-refractivity contribution >= 4 is 27.7 Å². The average molecular weight is 556 g/mol. The molecule has 0 saturated heterocycles. The van der Waals surface area contributed by atoms with Gasteiger partial charge in [0, 0.05) is 22.7 Å². The first-order valence-corrected chi connectivity index (χ1v) is 14.4. The molecular weight excluding hydrogens is 530 g/mol. The maximum absolute atomic E-state index is 5.15. The summed E-state index contributed by atoms with van der Waals surface area (Å²) in [7, 11) is 0. The summed E-state index contributed by atoms with van der Waals surface area (Å²) >= 11 is 0. The molecule has 0 aliphatic heterocycles. The Kier molecular flexibility index (Phi) is 4.82. The lowest BCUT2D eigenvalue weighted by Gasteiger charge is -2.21. The third-order valence-electron chi connectivity index (χ3n) is 8.71. The van der Waals surface area contributed by atoms with E-state index in [0.717, 1.165) is 38.8 Å². The van der Waals surface area contributed by atoms with E-state index in [0.29, 0.717) is 17.6 Å². The van der Waals surface area contributed by atoms with Crippen LogP contribution in [-0.2, 0) is 5.41 Å². The van der Waals surface area contributed by atoms with Crippen molar-refractivity contribution in [3.63, 3.8) is 0 Å². The molecule has 1 aliphatic carbocycles. The summed E-state index contributed by atoms with van der Waals surface area (Å²) in [6.07, 6.45) is 3.82. The molecule has 0 unspecified atom stereocenters. The SMILES string of the molecule is CC1(C)c2ccccc2-c2c(-c3nc(-c4ccccc4)nc(-n4cnc5ccc6c(nc7ccccn76)c54)n3)cccc21. The lowest BCUT2D eigenvalue weighted by molar-refractivity contribution is 0.660. The first-order chi connectivity index (χ1) is 21.1. The Morgan fingerprint density at radius 2 is 1.40 bits per heavy atom. The molecule has 7 heteroatoms. The number of hydrogen-bond donors (Lipinski definition) is 0. The smallest absolute Gasteiger partial charge is 0.239 e. The highest BCUT2D eigenvalue weighted by Crippen LogP contribution is 2.51. The summed E-state index contributed by atoms with van der Waals surface area (Å²) in [5.41, 5.74) is 11.2. The molecule has 4 heterocycles.